The van der Waals surface area contributed by atoms with Crippen molar-refractivity contribution < 1.29 is 19.2 Å². The number of carbonyl (C=O) groups is 2. The Labute approximate surface area is 144 Å². The van der Waals surface area contributed by atoms with Crippen molar-refractivity contribution in [3.05, 3.63) is 74.3 Å². The van der Waals surface area contributed by atoms with Crippen molar-refractivity contribution >= 4 is 17.4 Å². The van der Waals surface area contributed by atoms with Crippen LogP contribution in [0.4, 0.5) is 5.69 Å². The molecule has 3 rings (SSSR count). The van der Waals surface area contributed by atoms with Crippen LogP contribution in [-0.4, -0.2) is 23.3 Å². The van der Waals surface area contributed by atoms with E-state index in [1.54, 1.807) is 6.07 Å². The summed E-state index contributed by atoms with van der Waals surface area (Å²) in [5.74, 6) is -1.03. The molecule has 0 aliphatic heterocycles. The number of carbonyl (C=O) groups excluding carboxylic acids is 2. The molecule has 0 atom stereocenters. The van der Waals surface area contributed by atoms with Crippen molar-refractivity contribution in [3.63, 3.8) is 0 Å². The summed E-state index contributed by atoms with van der Waals surface area (Å²) < 4.78 is 5.07. The average Bonchev–Trinajstić information content (AvgIpc) is 3.06. The third-order valence-corrected chi connectivity index (χ3v) is 4.48. The first-order chi connectivity index (χ1) is 12.0. The van der Waals surface area contributed by atoms with Gasteiger partial charge in [-0.15, -0.1) is 0 Å². The molecule has 1 aliphatic rings. The van der Waals surface area contributed by atoms with Crippen molar-refractivity contribution in [1.29, 1.82) is 0 Å². The van der Waals surface area contributed by atoms with Gasteiger partial charge in [0.25, 0.3) is 5.69 Å². The molecule has 0 saturated carbocycles. The predicted octanol–water partition coefficient (Wildman–Crippen LogP) is 3.43. The van der Waals surface area contributed by atoms with Crippen LogP contribution >= 0.6 is 0 Å². The van der Waals surface area contributed by atoms with Gasteiger partial charge in [0.15, 0.2) is 12.4 Å². The Balaban J connectivity index is 1.69. The van der Waals surface area contributed by atoms with Crippen LogP contribution in [0.25, 0.3) is 0 Å². The molecule has 0 fully saturated rings. The summed E-state index contributed by atoms with van der Waals surface area (Å²) in [5.41, 5.74) is 3.12. The molecule has 0 spiro atoms. The molecule has 6 heteroatoms. The number of ether oxygens (including phenoxy) is 1. The Morgan fingerprint density at radius 3 is 2.68 bits per heavy atom. The second-order valence-electron chi connectivity index (χ2n) is 6.04. The Morgan fingerprint density at radius 2 is 1.92 bits per heavy atom. The van der Waals surface area contributed by atoms with Crippen molar-refractivity contribution in [1.82, 2.24) is 0 Å². The highest BCUT2D eigenvalue weighted by molar-refractivity contribution is 6.00. The monoisotopic (exact) mass is 339 g/mol. The maximum absolute atomic E-state index is 12.3. The molecule has 0 bridgehead atoms. The third kappa shape index (κ3) is 3.42. The SMILES string of the molecule is Cc1c(C(=O)OCC(=O)c2ccc3c(c2)CCC3)cccc1[N+](=O)[O-]. The van der Waals surface area contributed by atoms with Gasteiger partial charge in [-0.05, 0) is 49.4 Å². The van der Waals surface area contributed by atoms with Gasteiger partial charge in [0.2, 0.25) is 0 Å². The number of rotatable bonds is 5. The number of hydrogen-bond acceptors (Lipinski definition) is 5. The van der Waals surface area contributed by atoms with Crippen molar-refractivity contribution in [2.45, 2.75) is 26.2 Å². The average molecular weight is 339 g/mol. The predicted molar refractivity (Wildman–Crippen MR) is 90.9 cm³/mol. The molecule has 0 unspecified atom stereocenters. The number of Topliss-reactive ketones (excluding diaryl/α,β-unsaturated/α-hetero) is 1. The van der Waals surface area contributed by atoms with Crippen molar-refractivity contribution in [2.24, 2.45) is 0 Å². The van der Waals surface area contributed by atoms with E-state index in [0.29, 0.717) is 5.56 Å². The Kier molecular flexibility index (Phi) is 4.61. The first-order valence-corrected chi connectivity index (χ1v) is 8.03. The summed E-state index contributed by atoms with van der Waals surface area (Å²) >= 11 is 0. The maximum Gasteiger partial charge on any atom is 0.339 e. The van der Waals surface area contributed by atoms with Gasteiger partial charge in [-0.3, -0.25) is 14.9 Å². The van der Waals surface area contributed by atoms with Crippen molar-refractivity contribution in [3.8, 4) is 0 Å². The molecule has 2 aromatic rings. The van der Waals surface area contributed by atoms with E-state index in [1.807, 2.05) is 12.1 Å². The summed E-state index contributed by atoms with van der Waals surface area (Å²) in [4.78, 5) is 34.8. The normalized spacial score (nSPS) is 12.5. The lowest BCUT2D eigenvalue weighted by Gasteiger charge is -2.08. The van der Waals surface area contributed by atoms with Crippen LogP contribution in [0.2, 0.25) is 0 Å². The topological polar surface area (TPSA) is 86.5 Å². The standard InChI is InChI=1S/C19H17NO5/c1-12-16(6-3-7-17(12)20(23)24)19(22)25-11-18(21)15-9-8-13-4-2-5-14(13)10-15/h3,6-10H,2,4-5,11H2,1H3. The van der Waals surface area contributed by atoms with Gasteiger partial charge >= 0.3 is 5.97 Å². The minimum absolute atomic E-state index is 0.0935. The largest absolute Gasteiger partial charge is 0.454 e. The van der Waals surface area contributed by atoms with Gasteiger partial charge in [-0.25, -0.2) is 4.79 Å². The van der Waals surface area contributed by atoms with Crippen LogP contribution in [-0.2, 0) is 17.6 Å². The summed E-state index contributed by atoms with van der Waals surface area (Å²) in [7, 11) is 0. The fourth-order valence-corrected chi connectivity index (χ4v) is 3.08. The van der Waals surface area contributed by atoms with Crippen molar-refractivity contribution in [2.75, 3.05) is 6.61 Å². The molecule has 0 aromatic heterocycles. The third-order valence-electron chi connectivity index (χ3n) is 4.48. The van der Waals surface area contributed by atoms with Crippen LogP contribution in [0.1, 0.15) is 43.8 Å². The molecule has 128 valence electrons. The number of benzene rings is 2. The van der Waals surface area contributed by atoms with Gasteiger partial charge in [0.05, 0.1) is 10.5 Å². The first-order valence-electron chi connectivity index (χ1n) is 8.03. The first kappa shape index (κ1) is 16.8. The number of fused-ring (bicyclic) bond motifs is 1. The molecule has 0 amide bonds. The summed E-state index contributed by atoms with van der Waals surface area (Å²) in [6.45, 7) is 1.09. The zero-order valence-electron chi connectivity index (χ0n) is 13.8. The summed E-state index contributed by atoms with van der Waals surface area (Å²) in [6.07, 6.45) is 3.09. The van der Waals surface area contributed by atoms with E-state index in [9.17, 15) is 19.7 Å². The molecule has 25 heavy (non-hydrogen) atoms. The number of hydrogen-bond donors (Lipinski definition) is 0. The number of nitrogens with zero attached hydrogens (tertiary/aromatic N) is 1. The van der Waals surface area contributed by atoms with Crippen LogP contribution < -0.4 is 0 Å². The van der Waals surface area contributed by atoms with E-state index in [-0.39, 0.29) is 29.2 Å². The second kappa shape index (κ2) is 6.84. The molecule has 1 aliphatic carbocycles. The number of aryl methyl sites for hydroxylation is 2. The lowest BCUT2D eigenvalue weighted by molar-refractivity contribution is -0.385. The smallest absolute Gasteiger partial charge is 0.339 e. The molecule has 0 saturated heterocycles. The fourth-order valence-electron chi connectivity index (χ4n) is 3.08. The Hall–Kier alpha value is -3.02. The Bertz CT molecular complexity index is 872. The fraction of sp³-hybridized carbons (Fsp3) is 0.263. The molecule has 0 heterocycles. The molecule has 2 aromatic carbocycles. The summed E-state index contributed by atoms with van der Waals surface area (Å²) in [5, 5.41) is 10.9. The number of nitro groups is 1. The number of esters is 1. The second-order valence-corrected chi connectivity index (χ2v) is 6.04. The molecule has 0 radical (unpaired) electrons. The van der Waals surface area contributed by atoms with Gasteiger partial charge in [0.1, 0.15) is 0 Å². The van der Waals surface area contributed by atoms with Crippen LogP contribution in [0.15, 0.2) is 36.4 Å². The van der Waals surface area contributed by atoms with Crippen LogP contribution in [0.5, 0.6) is 0 Å². The Morgan fingerprint density at radius 1 is 1.16 bits per heavy atom. The molecule has 6 nitrogen and oxygen atoms in total. The van der Waals surface area contributed by atoms with E-state index in [4.69, 9.17) is 4.74 Å². The zero-order chi connectivity index (χ0) is 18.0. The molecule has 0 N–H and O–H groups in total. The van der Waals surface area contributed by atoms with Crippen LogP contribution in [0.3, 0.4) is 0 Å². The quantitative estimate of drug-likeness (QED) is 0.360. The van der Waals surface area contributed by atoms with Gasteiger partial charge in [-0.2, -0.15) is 0 Å². The van der Waals surface area contributed by atoms with E-state index in [2.05, 4.69) is 0 Å². The van der Waals surface area contributed by atoms with Gasteiger partial charge in [0, 0.05) is 17.2 Å². The van der Waals surface area contributed by atoms with Crippen LogP contribution in [0, 0.1) is 17.0 Å². The zero-order valence-corrected chi connectivity index (χ0v) is 13.8. The lowest BCUT2D eigenvalue weighted by atomic mass is 10.0. The minimum atomic E-state index is -0.740. The highest BCUT2D eigenvalue weighted by atomic mass is 16.6. The maximum atomic E-state index is 12.3. The highest BCUT2D eigenvalue weighted by Gasteiger charge is 2.20. The van der Waals surface area contributed by atoms with Gasteiger partial charge < -0.3 is 4.74 Å². The van der Waals surface area contributed by atoms with E-state index in [1.165, 1.54) is 36.2 Å². The van der Waals surface area contributed by atoms with E-state index < -0.39 is 10.9 Å². The number of ketones is 1. The highest BCUT2D eigenvalue weighted by Crippen LogP contribution is 2.24. The summed E-state index contributed by atoms with van der Waals surface area (Å²) in [6, 6.07) is 9.74. The molecular weight excluding hydrogens is 322 g/mol. The van der Waals surface area contributed by atoms with E-state index >= 15 is 0 Å². The molecular formula is C19H17NO5. The number of nitro benzene ring substituents is 1. The minimum Gasteiger partial charge on any atom is -0.454 e. The van der Waals surface area contributed by atoms with E-state index in [0.717, 1.165) is 19.3 Å². The van der Waals surface area contributed by atoms with Gasteiger partial charge in [-0.1, -0.05) is 18.2 Å². The lowest BCUT2D eigenvalue weighted by Crippen LogP contribution is -2.15.